The third-order valence-electron chi connectivity index (χ3n) is 3.20. The van der Waals surface area contributed by atoms with E-state index in [1.54, 1.807) is 11.3 Å². The first-order valence-corrected chi connectivity index (χ1v) is 7.46. The molecule has 2 rings (SSSR count). The van der Waals surface area contributed by atoms with Crippen molar-refractivity contribution in [2.24, 2.45) is 5.92 Å². The Morgan fingerprint density at radius 2 is 2.24 bits per heavy atom. The predicted octanol–water partition coefficient (Wildman–Crippen LogP) is 3.67. The lowest BCUT2D eigenvalue weighted by atomic mass is 9.90. The zero-order chi connectivity index (χ0) is 11.9. The molecule has 17 heavy (non-hydrogen) atoms. The van der Waals surface area contributed by atoms with Crippen molar-refractivity contribution in [1.29, 1.82) is 0 Å². The van der Waals surface area contributed by atoms with Crippen LogP contribution in [0.2, 0.25) is 0 Å². The Bertz CT molecular complexity index is 321. The molecule has 1 aliphatic rings. The van der Waals surface area contributed by atoms with Crippen molar-refractivity contribution in [3.05, 3.63) is 11.1 Å². The maximum atomic E-state index is 5.79. The average molecular weight is 254 g/mol. The quantitative estimate of drug-likeness (QED) is 0.841. The molecule has 0 aromatic carbocycles. The van der Waals surface area contributed by atoms with Crippen molar-refractivity contribution in [3.63, 3.8) is 0 Å². The van der Waals surface area contributed by atoms with Crippen molar-refractivity contribution in [2.45, 2.75) is 45.6 Å². The van der Waals surface area contributed by atoms with Gasteiger partial charge in [-0.05, 0) is 25.7 Å². The molecule has 1 heterocycles. The van der Waals surface area contributed by atoms with Gasteiger partial charge >= 0.3 is 0 Å². The van der Waals surface area contributed by atoms with Gasteiger partial charge in [0.1, 0.15) is 0 Å². The summed E-state index contributed by atoms with van der Waals surface area (Å²) in [5, 5.41) is 4.22. The van der Waals surface area contributed by atoms with Gasteiger partial charge in [-0.2, -0.15) is 0 Å². The molecule has 1 fully saturated rings. The number of rotatable bonds is 6. The van der Waals surface area contributed by atoms with E-state index < -0.39 is 0 Å². The molecule has 1 aromatic rings. The van der Waals surface area contributed by atoms with Gasteiger partial charge in [-0.15, -0.1) is 0 Å². The van der Waals surface area contributed by atoms with Crippen molar-refractivity contribution in [2.75, 3.05) is 18.5 Å². The Morgan fingerprint density at radius 1 is 1.41 bits per heavy atom. The number of nitrogens with one attached hydrogen (secondary N) is 1. The van der Waals surface area contributed by atoms with Crippen LogP contribution in [0.4, 0.5) is 5.13 Å². The first-order chi connectivity index (χ1) is 8.38. The highest BCUT2D eigenvalue weighted by atomic mass is 32.1. The SMILES string of the molecule is CCNc1ncc(COCC2CCCCC2)s1. The molecule has 0 radical (unpaired) electrons. The summed E-state index contributed by atoms with van der Waals surface area (Å²) in [6.45, 7) is 4.66. The lowest BCUT2D eigenvalue weighted by Gasteiger charge is -2.20. The highest BCUT2D eigenvalue weighted by Gasteiger charge is 2.13. The number of nitrogens with zero attached hydrogens (tertiary/aromatic N) is 1. The van der Waals surface area contributed by atoms with Crippen LogP contribution in [0, 0.1) is 5.92 Å². The van der Waals surface area contributed by atoms with E-state index in [9.17, 15) is 0 Å². The number of thiazole rings is 1. The van der Waals surface area contributed by atoms with E-state index in [1.165, 1.54) is 37.0 Å². The van der Waals surface area contributed by atoms with Crippen LogP contribution in [0.3, 0.4) is 0 Å². The average Bonchev–Trinajstić information content (AvgIpc) is 2.79. The number of aromatic nitrogens is 1. The Kier molecular flexibility index (Phi) is 5.26. The molecule has 3 nitrogen and oxygen atoms in total. The second-order valence-corrected chi connectivity index (χ2v) is 5.80. The summed E-state index contributed by atoms with van der Waals surface area (Å²) in [7, 11) is 0. The molecule has 1 aromatic heterocycles. The smallest absolute Gasteiger partial charge is 0.182 e. The van der Waals surface area contributed by atoms with Gasteiger partial charge in [0.15, 0.2) is 5.13 Å². The van der Waals surface area contributed by atoms with E-state index in [2.05, 4.69) is 17.2 Å². The van der Waals surface area contributed by atoms with Crippen molar-refractivity contribution in [3.8, 4) is 0 Å². The van der Waals surface area contributed by atoms with Gasteiger partial charge in [0.25, 0.3) is 0 Å². The predicted molar refractivity (Wildman–Crippen MR) is 72.5 cm³/mol. The van der Waals surface area contributed by atoms with Crippen LogP contribution in [0.1, 0.15) is 43.9 Å². The molecule has 1 N–H and O–H groups in total. The lowest BCUT2D eigenvalue weighted by molar-refractivity contribution is 0.0754. The van der Waals surface area contributed by atoms with Crippen LogP contribution in [-0.2, 0) is 11.3 Å². The summed E-state index contributed by atoms with van der Waals surface area (Å²) in [6, 6.07) is 0. The Morgan fingerprint density at radius 3 is 3.00 bits per heavy atom. The highest BCUT2D eigenvalue weighted by molar-refractivity contribution is 7.15. The minimum atomic E-state index is 0.722. The van der Waals surface area contributed by atoms with Gasteiger partial charge < -0.3 is 10.1 Å². The number of anilines is 1. The second kappa shape index (κ2) is 6.97. The molecule has 1 saturated carbocycles. The van der Waals surface area contributed by atoms with Gasteiger partial charge in [0.05, 0.1) is 11.5 Å². The molecule has 4 heteroatoms. The molecule has 1 aliphatic carbocycles. The normalized spacial score (nSPS) is 17.2. The maximum absolute atomic E-state index is 5.79. The van der Waals surface area contributed by atoms with Crippen LogP contribution < -0.4 is 5.32 Å². The fraction of sp³-hybridized carbons (Fsp3) is 0.769. The van der Waals surface area contributed by atoms with E-state index in [-0.39, 0.29) is 0 Å². The van der Waals surface area contributed by atoms with Crippen molar-refractivity contribution < 1.29 is 4.74 Å². The van der Waals surface area contributed by atoms with E-state index in [0.29, 0.717) is 0 Å². The maximum Gasteiger partial charge on any atom is 0.182 e. The standard InChI is InChI=1S/C13H22N2OS/c1-2-14-13-15-8-12(17-13)10-16-9-11-6-4-3-5-7-11/h8,11H,2-7,9-10H2,1H3,(H,14,15). The second-order valence-electron chi connectivity index (χ2n) is 4.68. The first-order valence-electron chi connectivity index (χ1n) is 6.65. The fourth-order valence-corrected chi connectivity index (χ4v) is 3.11. The van der Waals surface area contributed by atoms with Crippen LogP contribution >= 0.6 is 11.3 Å². The van der Waals surface area contributed by atoms with E-state index in [1.807, 2.05) is 6.20 Å². The molecule has 0 amide bonds. The summed E-state index contributed by atoms with van der Waals surface area (Å²) in [6.07, 6.45) is 8.82. The summed E-state index contributed by atoms with van der Waals surface area (Å²) in [5.41, 5.74) is 0. The van der Waals surface area contributed by atoms with Crippen LogP contribution in [0.5, 0.6) is 0 Å². The first kappa shape index (κ1) is 12.8. The number of hydrogen-bond donors (Lipinski definition) is 1. The minimum Gasteiger partial charge on any atom is -0.376 e. The van der Waals surface area contributed by atoms with Crippen LogP contribution in [0.25, 0.3) is 0 Å². The third kappa shape index (κ3) is 4.28. The van der Waals surface area contributed by atoms with Gasteiger partial charge in [-0.1, -0.05) is 30.6 Å². The molecular formula is C13H22N2OS. The molecule has 96 valence electrons. The monoisotopic (exact) mass is 254 g/mol. The van der Waals surface area contributed by atoms with Gasteiger partial charge in [-0.3, -0.25) is 0 Å². The summed E-state index contributed by atoms with van der Waals surface area (Å²) in [4.78, 5) is 5.52. The summed E-state index contributed by atoms with van der Waals surface area (Å²) < 4.78 is 5.79. The molecule has 0 unspecified atom stereocenters. The van der Waals surface area contributed by atoms with Crippen LogP contribution in [-0.4, -0.2) is 18.1 Å². The molecule has 0 saturated heterocycles. The van der Waals surface area contributed by atoms with Crippen LogP contribution in [0.15, 0.2) is 6.20 Å². The Hall–Kier alpha value is -0.610. The van der Waals surface area contributed by atoms with E-state index in [0.717, 1.165) is 30.8 Å². The third-order valence-corrected chi connectivity index (χ3v) is 4.13. The Balaban J connectivity index is 1.66. The van der Waals surface area contributed by atoms with Gasteiger partial charge in [0, 0.05) is 19.3 Å². The molecule has 0 bridgehead atoms. The lowest BCUT2D eigenvalue weighted by Crippen LogP contribution is -2.12. The van der Waals surface area contributed by atoms with E-state index in [4.69, 9.17) is 4.74 Å². The molecule has 0 spiro atoms. The number of hydrogen-bond acceptors (Lipinski definition) is 4. The molecule has 0 aliphatic heterocycles. The van der Waals surface area contributed by atoms with Crippen molar-refractivity contribution in [1.82, 2.24) is 4.98 Å². The topological polar surface area (TPSA) is 34.2 Å². The largest absolute Gasteiger partial charge is 0.376 e. The van der Waals surface area contributed by atoms with Gasteiger partial charge in [0.2, 0.25) is 0 Å². The van der Waals surface area contributed by atoms with E-state index >= 15 is 0 Å². The highest BCUT2D eigenvalue weighted by Crippen LogP contribution is 2.24. The van der Waals surface area contributed by atoms with Crippen molar-refractivity contribution >= 4 is 16.5 Å². The molecular weight excluding hydrogens is 232 g/mol. The summed E-state index contributed by atoms with van der Waals surface area (Å²) in [5.74, 6) is 0.796. The zero-order valence-electron chi connectivity index (χ0n) is 10.6. The summed E-state index contributed by atoms with van der Waals surface area (Å²) >= 11 is 1.70. The fourth-order valence-electron chi connectivity index (χ4n) is 2.29. The molecule has 0 atom stereocenters. The van der Waals surface area contributed by atoms with Gasteiger partial charge in [-0.25, -0.2) is 4.98 Å². The zero-order valence-corrected chi connectivity index (χ0v) is 11.4. The number of ether oxygens (including phenoxy) is 1. The Labute approximate surface area is 108 Å². The minimum absolute atomic E-state index is 0.722.